The molecule has 90 valence electrons. The highest BCUT2D eigenvalue weighted by atomic mass is 79.9. The lowest BCUT2D eigenvalue weighted by molar-refractivity contribution is -0.105. The number of hydrogen-bond acceptors (Lipinski definition) is 2. The van der Waals surface area contributed by atoms with Gasteiger partial charge < -0.3 is 4.74 Å². The Bertz CT molecular complexity index is 313. The predicted octanol–water partition coefficient (Wildman–Crippen LogP) is 4.11. The molecule has 0 heterocycles. The molecule has 0 aliphatic heterocycles. The summed E-state index contributed by atoms with van der Waals surface area (Å²) in [6.45, 7) is 0.537. The molecule has 1 rings (SSSR count). The molecule has 1 nitrogen and oxygen atoms in total. The number of ether oxygens (including phenoxy) is 1. The van der Waals surface area contributed by atoms with Crippen molar-refractivity contribution >= 4 is 27.7 Å². The van der Waals surface area contributed by atoms with E-state index in [9.17, 15) is 13.2 Å². The van der Waals surface area contributed by atoms with Crippen molar-refractivity contribution < 1.29 is 17.9 Å². The van der Waals surface area contributed by atoms with Gasteiger partial charge in [0.05, 0.1) is 12.4 Å². The predicted molar refractivity (Wildman–Crippen MR) is 62.5 cm³/mol. The normalized spacial score (nSPS) is 11.5. The molecule has 0 atom stereocenters. The molecule has 0 saturated heterocycles. The molecule has 0 amide bonds. The van der Waals surface area contributed by atoms with Gasteiger partial charge in [0.2, 0.25) is 0 Å². The van der Waals surface area contributed by atoms with Crippen LogP contribution in [0.3, 0.4) is 0 Å². The maximum Gasteiger partial charge on any atom is 0.398 e. The van der Waals surface area contributed by atoms with Crippen molar-refractivity contribution in [1.82, 2.24) is 0 Å². The summed E-state index contributed by atoms with van der Waals surface area (Å²) in [5.41, 5.74) is 0. The quantitative estimate of drug-likeness (QED) is 0.597. The first-order chi connectivity index (χ1) is 7.51. The highest BCUT2D eigenvalue weighted by molar-refractivity contribution is 9.09. The lowest BCUT2D eigenvalue weighted by Crippen LogP contribution is -2.10. The molecule has 0 aliphatic carbocycles. The summed E-state index contributed by atoms with van der Waals surface area (Å²) in [5.74, 6) is -0.204. The number of thioether (sulfide) groups is 1. The van der Waals surface area contributed by atoms with E-state index in [1.807, 2.05) is 0 Å². The summed E-state index contributed by atoms with van der Waals surface area (Å²) in [5, 5.41) is 0.720. The second kappa shape index (κ2) is 6.39. The zero-order valence-corrected chi connectivity index (χ0v) is 10.7. The van der Waals surface area contributed by atoms with Crippen LogP contribution in [-0.2, 0) is 0 Å². The van der Waals surface area contributed by atoms with E-state index in [4.69, 9.17) is 4.74 Å². The van der Waals surface area contributed by atoms with Gasteiger partial charge in [0.15, 0.2) is 0 Å². The first kappa shape index (κ1) is 13.7. The fraction of sp³-hybridized carbons (Fsp3) is 0.400. The van der Waals surface area contributed by atoms with E-state index >= 15 is 0 Å². The van der Waals surface area contributed by atoms with E-state index < -0.39 is 11.9 Å². The molecular weight excluding hydrogens is 305 g/mol. The molecule has 0 aliphatic rings. The van der Waals surface area contributed by atoms with Crippen LogP contribution >= 0.6 is 27.7 Å². The van der Waals surface area contributed by atoms with Crippen molar-refractivity contribution in [2.75, 3.05) is 17.7 Å². The van der Waals surface area contributed by atoms with Gasteiger partial charge in [-0.05, 0) is 24.3 Å². The van der Waals surface area contributed by atoms with Crippen LogP contribution in [0.2, 0.25) is 0 Å². The van der Waals surface area contributed by atoms with E-state index in [0.29, 0.717) is 17.3 Å². The number of benzene rings is 1. The van der Waals surface area contributed by atoms with E-state index in [1.165, 1.54) is 0 Å². The topological polar surface area (TPSA) is 9.23 Å². The third-order valence-electron chi connectivity index (χ3n) is 1.57. The van der Waals surface area contributed by atoms with Crippen molar-refractivity contribution in [1.29, 1.82) is 0 Å². The van der Waals surface area contributed by atoms with E-state index in [0.717, 1.165) is 17.1 Å². The lowest BCUT2D eigenvalue weighted by atomic mass is 10.3. The summed E-state index contributed by atoms with van der Waals surface area (Å²) in [6, 6.07) is 6.59. The Morgan fingerprint density at radius 2 is 1.81 bits per heavy atom. The Morgan fingerprint density at radius 3 is 2.31 bits per heavy atom. The van der Waals surface area contributed by atoms with E-state index in [-0.39, 0.29) is 0 Å². The molecule has 0 aromatic heterocycles. The van der Waals surface area contributed by atoms with Gasteiger partial charge in [-0.3, -0.25) is 0 Å². The maximum atomic E-state index is 11.9. The molecule has 0 fully saturated rings. The molecule has 0 N–H and O–H groups in total. The SMILES string of the molecule is FC(F)(F)CSc1ccc(OCCBr)cc1. The van der Waals surface area contributed by atoms with E-state index in [1.54, 1.807) is 24.3 Å². The summed E-state index contributed by atoms with van der Waals surface area (Å²) in [7, 11) is 0. The number of halogens is 4. The number of hydrogen-bond donors (Lipinski definition) is 0. The average molecular weight is 315 g/mol. The van der Waals surface area contributed by atoms with Gasteiger partial charge in [-0.15, -0.1) is 11.8 Å². The van der Waals surface area contributed by atoms with Gasteiger partial charge in [-0.2, -0.15) is 13.2 Å². The first-order valence-electron chi connectivity index (χ1n) is 4.49. The molecule has 0 radical (unpaired) electrons. The number of alkyl halides is 4. The third kappa shape index (κ3) is 5.65. The van der Waals surface area contributed by atoms with Crippen LogP contribution in [0.1, 0.15) is 0 Å². The van der Waals surface area contributed by atoms with Crippen LogP contribution in [-0.4, -0.2) is 23.9 Å². The molecule has 1 aromatic rings. The standard InChI is InChI=1S/C10H10BrF3OS/c11-5-6-15-8-1-3-9(4-2-8)16-7-10(12,13)14/h1-4H,5-7H2. The molecule has 16 heavy (non-hydrogen) atoms. The van der Waals surface area contributed by atoms with E-state index in [2.05, 4.69) is 15.9 Å². The molecule has 1 aromatic carbocycles. The van der Waals surface area contributed by atoms with Gasteiger partial charge in [0, 0.05) is 10.2 Å². The second-order valence-corrected chi connectivity index (χ2v) is 4.75. The van der Waals surface area contributed by atoms with Gasteiger partial charge in [-0.1, -0.05) is 15.9 Å². The second-order valence-electron chi connectivity index (χ2n) is 2.91. The Labute approximate surface area is 104 Å². The fourth-order valence-corrected chi connectivity index (χ4v) is 1.77. The van der Waals surface area contributed by atoms with Crippen LogP contribution in [0.25, 0.3) is 0 Å². The minimum absolute atomic E-state index is 0.537. The van der Waals surface area contributed by atoms with Crippen LogP contribution in [0, 0.1) is 0 Å². The van der Waals surface area contributed by atoms with Crippen LogP contribution in [0.4, 0.5) is 13.2 Å². The van der Waals surface area contributed by atoms with Gasteiger partial charge in [0.25, 0.3) is 0 Å². The van der Waals surface area contributed by atoms with Crippen molar-refractivity contribution in [2.24, 2.45) is 0 Å². The molecule has 0 spiro atoms. The van der Waals surface area contributed by atoms with Crippen LogP contribution in [0.5, 0.6) is 5.75 Å². The monoisotopic (exact) mass is 314 g/mol. The summed E-state index contributed by atoms with van der Waals surface area (Å²) in [4.78, 5) is 0.587. The third-order valence-corrected chi connectivity index (χ3v) is 2.97. The number of rotatable bonds is 5. The van der Waals surface area contributed by atoms with Crippen molar-refractivity contribution in [3.05, 3.63) is 24.3 Å². The largest absolute Gasteiger partial charge is 0.493 e. The van der Waals surface area contributed by atoms with Gasteiger partial charge in [-0.25, -0.2) is 0 Å². The maximum absolute atomic E-state index is 11.9. The highest BCUT2D eigenvalue weighted by Gasteiger charge is 2.27. The van der Waals surface area contributed by atoms with Crippen LogP contribution < -0.4 is 4.74 Å². The molecule has 6 heteroatoms. The van der Waals surface area contributed by atoms with Crippen LogP contribution in [0.15, 0.2) is 29.2 Å². The summed E-state index contributed by atoms with van der Waals surface area (Å²) in [6.07, 6.45) is -4.13. The Hall–Kier alpha value is -0.360. The van der Waals surface area contributed by atoms with Crippen molar-refractivity contribution in [3.63, 3.8) is 0 Å². The highest BCUT2D eigenvalue weighted by Crippen LogP contribution is 2.28. The minimum atomic E-state index is -4.13. The zero-order valence-electron chi connectivity index (χ0n) is 8.26. The summed E-state index contributed by atoms with van der Waals surface area (Å²) >= 11 is 3.98. The summed E-state index contributed by atoms with van der Waals surface area (Å²) < 4.78 is 41.1. The Kier molecular flexibility index (Phi) is 5.48. The first-order valence-corrected chi connectivity index (χ1v) is 6.60. The average Bonchev–Trinajstić information content (AvgIpc) is 2.24. The van der Waals surface area contributed by atoms with Crippen molar-refractivity contribution in [3.8, 4) is 5.75 Å². The van der Waals surface area contributed by atoms with Gasteiger partial charge in [0.1, 0.15) is 5.75 Å². The lowest BCUT2D eigenvalue weighted by Gasteiger charge is -2.07. The Morgan fingerprint density at radius 1 is 1.19 bits per heavy atom. The molecule has 0 unspecified atom stereocenters. The molecule has 0 bridgehead atoms. The van der Waals surface area contributed by atoms with Crippen molar-refractivity contribution in [2.45, 2.75) is 11.1 Å². The molecular formula is C10H10BrF3OS. The Balaban J connectivity index is 2.45. The fourth-order valence-electron chi connectivity index (χ4n) is 0.954. The van der Waals surface area contributed by atoms with Gasteiger partial charge >= 0.3 is 6.18 Å². The smallest absolute Gasteiger partial charge is 0.398 e. The zero-order chi connectivity index (χ0) is 12.0. The minimum Gasteiger partial charge on any atom is -0.493 e. The molecule has 0 saturated carbocycles.